The van der Waals surface area contributed by atoms with Crippen LogP contribution in [-0.4, -0.2) is 24.4 Å². The van der Waals surface area contributed by atoms with Crippen molar-refractivity contribution in [3.05, 3.63) is 30.1 Å². The number of carbonyl (C=O) groups is 2. The lowest BCUT2D eigenvalue weighted by Crippen LogP contribution is -2.37. The highest BCUT2D eigenvalue weighted by Gasteiger charge is 2.31. The first-order valence-corrected chi connectivity index (χ1v) is 6.95. The van der Waals surface area contributed by atoms with Crippen molar-refractivity contribution < 1.29 is 14.0 Å². The Kier molecular flexibility index (Phi) is 4.71. The molecule has 1 aliphatic heterocycles. The number of anilines is 1. The minimum Gasteiger partial charge on any atom is -0.351 e. The Bertz CT molecular complexity index is 487. The molecule has 0 spiro atoms. The first-order valence-electron chi connectivity index (χ1n) is 6.95. The number of hydrogen-bond donors (Lipinski definition) is 1. The van der Waals surface area contributed by atoms with Crippen LogP contribution in [0.1, 0.15) is 32.6 Å². The number of carbonyl (C=O) groups excluding carboxylic acids is 2. The molecule has 1 aromatic carbocycles. The van der Waals surface area contributed by atoms with Crippen LogP contribution in [0.4, 0.5) is 10.1 Å². The molecule has 2 amide bonds. The van der Waals surface area contributed by atoms with Gasteiger partial charge >= 0.3 is 0 Å². The molecular formula is C15H19FN2O2. The quantitative estimate of drug-likeness (QED) is 0.898. The summed E-state index contributed by atoms with van der Waals surface area (Å²) in [5, 5.41) is 2.88. The molecule has 1 fully saturated rings. The van der Waals surface area contributed by atoms with Crippen LogP contribution in [0.5, 0.6) is 0 Å². The van der Waals surface area contributed by atoms with Crippen molar-refractivity contribution in [2.75, 3.05) is 11.4 Å². The SMILES string of the molecule is CCCCC(=O)NC1CC(=O)N(c2ccc(F)cc2)C1. The Balaban J connectivity index is 1.93. The molecule has 1 saturated heterocycles. The number of nitrogens with one attached hydrogen (secondary N) is 1. The molecule has 2 rings (SSSR count). The summed E-state index contributed by atoms with van der Waals surface area (Å²) in [7, 11) is 0. The first kappa shape index (κ1) is 14.5. The molecule has 1 atom stereocenters. The van der Waals surface area contributed by atoms with Crippen LogP contribution in [-0.2, 0) is 9.59 Å². The number of benzene rings is 1. The molecular weight excluding hydrogens is 259 g/mol. The molecule has 1 unspecified atom stereocenters. The predicted octanol–water partition coefficient (Wildman–Crippen LogP) is 2.24. The van der Waals surface area contributed by atoms with E-state index in [1.165, 1.54) is 12.1 Å². The molecule has 0 radical (unpaired) electrons. The fourth-order valence-electron chi connectivity index (χ4n) is 2.31. The van der Waals surface area contributed by atoms with Gasteiger partial charge in [0.2, 0.25) is 11.8 Å². The highest BCUT2D eigenvalue weighted by atomic mass is 19.1. The summed E-state index contributed by atoms with van der Waals surface area (Å²) >= 11 is 0. The van der Waals surface area contributed by atoms with Gasteiger partial charge in [-0.15, -0.1) is 0 Å². The Morgan fingerprint density at radius 1 is 1.40 bits per heavy atom. The zero-order valence-electron chi connectivity index (χ0n) is 11.6. The van der Waals surface area contributed by atoms with Gasteiger partial charge < -0.3 is 10.2 Å². The van der Waals surface area contributed by atoms with Crippen molar-refractivity contribution in [3.63, 3.8) is 0 Å². The second-order valence-electron chi connectivity index (χ2n) is 5.05. The van der Waals surface area contributed by atoms with Crippen molar-refractivity contribution in [1.29, 1.82) is 0 Å². The maximum atomic E-state index is 12.9. The van der Waals surface area contributed by atoms with Crippen LogP contribution in [0.3, 0.4) is 0 Å². The van der Waals surface area contributed by atoms with E-state index in [-0.39, 0.29) is 23.7 Å². The molecule has 1 aliphatic rings. The number of nitrogens with zero attached hydrogens (tertiary/aromatic N) is 1. The van der Waals surface area contributed by atoms with Gasteiger partial charge in [0.25, 0.3) is 0 Å². The highest BCUT2D eigenvalue weighted by molar-refractivity contribution is 5.96. The van der Waals surface area contributed by atoms with E-state index in [1.807, 2.05) is 6.92 Å². The Labute approximate surface area is 118 Å². The standard InChI is InChI=1S/C15H19FN2O2/c1-2-3-4-14(19)17-12-9-15(20)18(10-12)13-7-5-11(16)6-8-13/h5-8,12H,2-4,9-10H2,1H3,(H,17,19). The normalized spacial score (nSPS) is 18.4. The summed E-state index contributed by atoms with van der Waals surface area (Å²) in [6, 6.07) is 5.66. The lowest BCUT2D eigenvalue weighted by molar-refractivity contribution is -0.121. The van der Waals surface area contributed by atoms with E-state index < -0.39 is 0 Å². The van der Waals surface area contributed by atoms with Crippen LogP contribution in [0.15, 0.2) is 24.3 Å². The zero-order valence-corrected chi connectivity index (χ0v) is 11.6. The second-order valence-corrected chi connectivity index (χ2v) is 5.05. The molecule has 1 heterocycles. The Hall–Kier alpha value is -1.91. The number of hydrogen-bond acceptors (Lipinski definition) is 2. The van der Waals surface area contributed by atoms with Gasteiger partial charge in [-0.1, -0.05) is 13.3 Å². The third kappa shape index (κ3) is 3.56. The largest absolute Gasteiger partial charge is 0.351 e. The average molecular weight is 278 g/mol. The molecule has 20 heavy (non-hydrogen) atoms. The smallest absolute Gasteiger partial charge is 0.229 e. The number of rotatable bonds is 5. The number of halogens is 1. The van der Waals surface area contributed by atoms with Crippen molar-refractivity contribution in [2.45, 2.75) is 38.6 Å². The topological polar surface area (TPSA) is 49.4 Å². The van der Waals surface area contributed by atoms with Gasteiger partial charge in [0.05, 0.1) is 6.04 Å². The van der Waals surface area contributed by atoms with Crippen LogP contribution in [0.25, 0.3) is 0 Å². The Morgan fingerprint density at radius 3 is 2.75 bits per heavy atom. The minimum atomic E-state index is -0.329. The van der Waals surface area contributed by atoms with Gasteiger partial charge in [-0.25, -0.2) is 4.39 Å². The van der Waals surface area contributed by atoms with Gasteiger partial charge in [-0.2, -0.15) is 0 Å². The number of unbranched alkanes of at least 4 members (excludes halogenated alkanes) is 1. The van der Waals surface area contributed by atoms with Crippen LogP contribution in [0, 0.1) is 5.82 Å². The van der Waals surface area contributed by atoms with Crippen LogP contribution >= 0.6 is 0 Å². The van der Waals surface area contributed by atoms with E-state index in [0.717, 1.165) is 12.8 Å². The summed E-state index contributed by atoms with van der Waals surface area (Å²) in [5.74, 6) is -0.382. The molecule has 0 aromatic heterocycles. The fourth-order valence-corrected chi connectivity index (χ4v) is 2.31. The minimum absolute atomic E-state index is 0.00870. The molecule has 0 bridgehead atoms. The monoisotopic (exact) mass is 278 g/mol. The van der Waals surface area contributed by atoms with Crippen molar-refractivity contribution in [1.82, 2.24) is 5.32 Å². The number of amides is 2. The lowest BCUT2D eigenvalue weighted by atomic mass is 10.2. The summed E-state index contributed by atoms with van der Waals surface area (Å²) in [5.41, 5.74) is 0.668. The molecule has 108 valence electrons. The summed E-state index contributed by atoms with van der Waals surface area (Å²) in [6.45, 7) is 2.48. The fraction of sp³-hybridized carbons (Fsp3) is 0.467. The maximum Gasteiger partial charge on any atom is 0.229 e. The van der Waals surface area contributed by atoms with Gasteiger partial charge in [-0.3, -0.25) is 9.59 Å². The van der Waals surface area contributed by atoms with Crippen LogP contribution < -0.4 is 10.2 Å². The molecule has 1 N–H and O–H groups in total. The Morgan fingerprint density at radius 2 is 2.10 bits per heavy atom. The lowest BCUT2D eigenvalue weighted by Gasteiger charge is -2.17. The van der Waals surface area contributed by atoms with E-state index in [2.05, 4.69) is 5.32 Å². The van der Waals surface area contributed by atoms with E-state index in [9.17, 15) is 14.0 Å². The molecule has 0 aliphatic carbocycles. The summed E-state index contributed by atoms with van der Waals surface area (Å²) < 4.78 is 12.9. The highest BCUT2D eigenvalue weighted by Crippen LogP contribution is 2.21. The van der Waals surface area contributed by atoms with Gasteiger partial charge in [0, 0.05) is 25.1 Å². The zero-order chi connectivity index (χ0) is 14.5. The third-order valence-electron chi connectivity index (χ3n) is 3.39. The summed E-state index contributed by atoms with van der Waals surface area (Å²) in [4.78, 5) is 25.2. The second kappa shape index (κ2) is 6.50. The molecule has 1 aromatic rings. The van der Waals surface area contributed by atoms with Crippen molar-refractivity contribution >= 4 is 17.5 Å². The van der Waals surface area contributed by atoms with Crippen molar-refractivity contribution in [2.24, 2.45) is 0 Å². The third-order valence-corrected chi connectivity index (χ3v) is 3.39. The molecule has 4 nitrogen and oxygen atoms in total. The van der Waals surface area contributed by atoms with Crippen molar-refractivity contribution in [3.8, 4) is 0 Å². The van der Waals surface area contributed by atoms with E-state index in [4.69, 9.17) is 0 Å². The van der Waals surface area contributed by atoms with E-state index in [1.54, 1.807) is 17.0 Å². The van der Waals surface area contributed by atoms with E-state index in [0.29, 0.717) is 25.1 Å². The van der Waals surface area contributed by atoms with Gasteiger partial charge in [0.15, 0.2) is 0 Å². The molecule has 5 heteroatoms. The van der Waals surface area contributed by atoms with Gasteiger partial charge in [-0.05, 0) is 30.7 Å². The predicted molar refractivity (Wildman–Crippen MR) is 74.8 cm³/mol. The van der Waals surface area contributed by atoms with Crippen LogP contribution in [0.2, 0.25) is 0 Å². The van der Waals surface area contributed by atoms with E-state index >= 15 is 0 Å². The molecule has 0 saturated carbocycles. The average Bonchev–Trinajstić information content (AvgIpc) is 2.78. The van der Waals surface area contributed by atoms with Gasteiger partial charge in [0.1, 0.15) is 5.82 Å². The first-order chi connectivity index (χ1) is 9.60. The summed E-state index contributed by atoms with van der Waals surface area (Å²) in [6.07, 6.45) is 2.62. The maximum absolute atomic E-state index is 12.9.